The molecule has 0 aromatic heterocycles. The molecule has 0 aromatic rings. The highest BCUT2D eigenvalue weighted by atomic mass is 35.5. The van der Waals surface area contributed by atoms with Crippen LogP contribution in [0.3, 0.4) is 0 Å². The first-order chi connectivity index (χ1) is 6.86. The molecule has 0 saturated carbocycles. The second kappa shape index (κ2) is 7.46. The Morgan fingerprint density at radius 1 is 1.64 bits per heavy atom. The molecule has 1 aliphatic heterocycles. The van der Waals surface area contributed by atoms with Gasteiger partial charge in [-0.05, 0) is 18.8 Å². The maximum absolute atomic E-state index is 5.71. The van der Waals surface area contributed by atoms with E-state index in [4.69, 9.17) is 21.1 Å². The molecule has 0 amide bonds. The van der Waals surface area contributed by atoms with E-state index in [0.717, 1.165) is 32.8 Å². The highest BCUT2D eigenvalue weighted by Gasteiger charge is 2.17. The van der Waals surface area contributed by atoms with E-state index in [1.807, 2.05) is 0 Å². The number of halogens is 1. The minimum Gasteiger partial charge on any atom is -0.383 e. The minimum atomic E-state index is 0.387. The van der Waals surface area contributed by atoms with Gasteiger partial charge >= 0.3 is 0 Å². The van der Waals surface area contributed by atoms with E-state index < -0.39 is 0 Å². The molecule has 1 rings (SSSR count). The van der Waals surface area contributed by atoms with Crippen LogP contribution in [0.1, 0.15) is 12.8 Å². The lowest BCUT2D eigenvalue weighted by Gasteiger charge is -2.18. The Balaban J connectivity index is 2.10. The van der Waals surface area contributed by atoms with E-state index in [9.17, 15) is 0 Å². The van der Waals surface area contributed by atoms with Crippen LogP contribution in [0.15, 0.2) is 0 Å². The zero-order valence-electron chi connectivity index (χ0n) is 8.80. The molecule has 1 saturated heterocycles. The standard InChI is InChI=1S/C10H20ClNO2/c1-13-8-10(2-4-11)12-6-9-3-5-14-7-9/h9-10,12H,2-8H2,1H3. The van der Waals surface area contributed by atoms with Crippen LogP contribution in [-0.2, 0) is 9.47 Å². The summed E-state index contributed by atoms with van der Waals surface area (Å²) in [5.74, 6) is 1.35. The fourth-order valence-electron chi connectivity index (χ4n) is 1.65. The molecule has 4 heteroatoms. The minimum absolute atomic E-state index is 0.387. The van der Waals surface area contributed by atoms with Gasteiger partial charge in [-0.25, -0.2) is 0 Å². The third kappa shape index (κ3) is 4.60. The van der Waals surface area contributed by atoms with Gasteiger partial charge in [0.2, 0.25) is 0 Å². The number of ether oxygens (including phenoxy) is 2. The zero-order chi connectivity index (χ0) is 10.2. The Morgan fingerprint density at radius 3 is 3.07 bits per heavy atom. The Bertz CT molecular complexity index is 134. The van der Waals surface area contributed by atoms with Crippen LogP contribution in [0.4, 0.5) is 0 Å². The lowest BCUT2D eigenvalue weighted by Crippen LogP contribution is -2.37. The highest BCUT2D eigenvalue weighted by molar-refractivity contribution is 6.17. The van der Waals surface area contributed by atoms with Crippen LogP contribution >= 0.6 is 11.6 Å². The average molecular weight is 222 g/mol. The SMILES string of the molecule is COCC(CCCl)NCC1CCOC1. The van der Waals surface area contributed by atoms with Crippen molar-refractivity contribution in [3.05, 3.63) is 0 Å². The largest absolute Gasteiger partial charge is 0.383 e. The van der Waals surface area contributed by atoms with E-state index in [1.54, 1.807) is 7.11 Å². The van der Waals surface area contributed by atoms with Crippen molar-refractivity contribution in [1.29, 1.82) is 0 Å². The monoisotopic (exact) mass is 221 g/mol. The summed E-state index contributed by atoms with van der Waals surface area (Å²) in [4.78, 5) is 0. The summed E-state index contributed by atoms with van der Waals surface area (Å²) in [5.41, 5.74) is 0. The van der Waals surface area contributed by atoms with Gasteiger partial charge in [0, 0.05) is 32.2 Å². The summed E-state index contributed by atoms with van der Waals surface area (Å²) in [6.45, 7) is 3.57. The van der Waals surface area contributed by atoms with Crippen molar-refractivity contribution in [2.75, 3.05) is 39.4 Å². The van der Waals surface area contributed by atoms with E-state index in [-0.39, 0.29) is 0 Å². The molecule has 0 aromatic carbocycles. The van der Waals surface area contributed by atoms with Crippen molar-refractivity contribution >= 4 is 11.6 Å². The van der Waals surface area contributed by atoms with E-state index >= 15 is 0 Å². The molecule has 0 radical (unpaired) electrons. The van der Waals surface area contributed by atoms with Gasteiger partial charge in [0.1, 0.15) is 0 Å². The predicted octanol–water partition coefficient (Wildman–Crippen LogP) is 1.26. The number of alkyl halides is 1. The van der Waals surface area contributed by atoms with Crippen molar-refractivity contribution < 1.29 is 9.47 Å². The van der Waals surface area contributed by atoms with E-state index in [0.29, 0.717) is 17.8 Å². The van der Waals surface area contributed by atoms with Crippen LogP contribution in [-0.4, -0.2) is 45.4 Å². The Labute approximate surface area is 91.1 Å². The second-order valence-electron chi connectivity index (χ2n) is 3.77. The van der Waals surface area contributed by atoms with Gasteiger partial charge in [-0.3, -0.25) is 0 Å². The topological polar surface area (TPSA) is 30.5 Å². The lowest BCUT2D eigenvalue weighted by atomic mass is 10.1. The van der Waals surface area contributed by atoms with Crippen LogP contribution in [0.5, 0.6) is 0 Å². The Hall–Kier alpha value is 0.170. The van der Waals surface area contributed by atoms with Crippen LogP contribution < -0.4 is 5.32 Å². The first-order valence-electron chi connectivity index (χ1n) is 5.23. The molecule has 0 spiro atoms. The molecule has 0 aliphatic carbocycles. The van der Waals surface area contributed by atoms with E-state index in [1.165, 1.54) is 6.42 Å². The molecule has 3 nitrogen and oxygen atoms in total. The fourth-order valence-corrected chi connectivity index (χ4v) is 1.92. The number of rotatable bonds is 7. The van der Waals surface area contributed by atoms with Crippen LogP contribution in [0.25, 0.3) is 0 Å². The van der Waals surface area contributed by atoms with Gasteiger partial charge in [0.05, 0.1) is 13.2 Å². The smallest absolute Gasteiger partial charge is 0.0616 e. The molecule has 2 unspecified atom stereocenters. The van der Waals surface area contributed by atoms with Crippen molar-refractivity contribution in [2.24, 2.45) is 5.92 Å². The van der Waals surface area contributed by atoms with Crippen LogP contribution in [0, 0.1) is 5.92 Å². The third-order valence-corrected chi connectivity index (χ3v) is 2.76. The summed E-state index contributed by atoms with van der Waals surface area (Å²) in [6.07, 6.45) is 2.14. The van der Waals surface area contributed by atoms with Crippen molar-refractivity contribution in [3.8, 4) is 0 Å². The van der Waals surface area contributed by atoms with Gasteiger partial charge in [-0.2, -0.15) is 0 Å². The van der Waals surface area contributed by atoms with Crippen molar-refractivity contribution in [2.45, 2.75) is 18.9 Å². The lowest BCUT2D eigenvalue weighted by molar-refractivity contribution is 0.157. The molecule has 14 heavy (non-hydrogen) atoms. The number of nitrogens with one attached hydrogen (secondary N) is 1. The first-order valence-corrected chi connectivity index (χ1v) is 5.76. The molecule has 2 atom stereocenters. The number of hydrogen-bond acceptors (Lipinski definition) is 3. The summed E-state index contributed by atoms with van der Waals surface area (Å²) < 4.78 is 10.4. The quantitative estimate of drug-likeness (QED) is 0.657. The van der Waals surface area contributed by atoms with Gasteiger partial charge in [-0.15, -0.1) is 11.6 Å². The third-order valence-electron chi connectivity index (χ3n) is 2.54. The summed E-state index contributed by atoms with van der Waals surface area (Å²) in [7, 11) is 1.72. The fraction of sp³-hybridized carbons (Fsp3) is 1.00. The maximum Gasteiger partial charge on any atom is 0.0616 e. The van der Waals surface area contributed by atoms with Gasteiger partial charge in [0.25, 0.3) is 0 Å². The van der Waals surface area contributed by atoms with Gasteiger partial charge < -0.3 is 14.8 Å². The zero-order valence-corrected chi connectivity index (χ0v) is 9.55. The molecule has 84 valence electrons. The molecule has 1 N–H and O–H groups in total. The summed E-state index contributed by atoms with van der Waals surface area (Å²) in [6, 6.07) is 0.387. The normalized spacial score (nSPS) is 24.0. The molecule has 1 fully saturated rings. The molecular formula is C10H20ClNO2. The molecular weight excluding hydrogens is 202 g/mol. The van der Waals surface area contributed by atoms with Crippen molar-refractivity contribution in [1.82, 2.24) is 5.32 Å². The molecule has 0 bridgehead atoms. The van der Waals surface area contributed by atoms with E-state index in [2.05, 4.69) is 5.32 Å². The second-order valence-corrected chi connectivity index (χ2v) is 4.15. The van der Waals surface area contributed by atoms with Gasteiger partial charge in [0.15, 0.2) is 0 Å². The summed E-state index contributed by atoms with van der Waals surface area (Å²) >= 11 is 5.71. The highest BCUT2D eigenvalue weighted by Crippen LogP contribution is 2.11. The maximum atomic E-state index is 5.71. The number of methoxy groups -OCH3 is 1. The van der Waals surface area contributed by atoms with Crippen molar-refractivity contribution in [3.63, 3.8) is 0 Å². The summed E-state index contributed by atoms with van der Waals surface area (Å²) in [5, 5.41) is 3.47. The predicted molar refractivity (Wildman–Crippen MR) is 57.9 cm³/mol. The molecule has 1 aliphatic rings. The van der Waals surface area contributed by atoms with Crippen LogP contribution in [0.2, 0.25) is 0 Å². The average Bonchev–Trinajstić information content (AvgIpc) is 2.67. The Kier molecular flexibility index (Phi) is 6.52. The molecule has 1 heterocycles. The first kappa shape index (κ1) is 12.2. The van der Waals surface area contributed by atoms with Gasteiger partial charge in [-0.1, -0.05) is 0 Å². The number of hydrogen-bond donors (Lipinski definition) is 1. The Morgan fingerprint density at radius 2 is 2.50 bits per heavy atom.